The molecule has 0 aromatic heterocycles. The van der Waals surface area contributed by atoms with Crippen LogP contribution in [0.5, 0.6) is 0 Å². The summed E-state index contributed by atoms with van der Waals surface area (Å²) in [6, 6.07) is 4.18. The van der Waals surface area contributed by atoms with Crippen LogP contribution in [0.1, 0.15) is 49.4 Å². The Morgan fingerprint density at radius 2 is 2.12 bits per heavy atom. The average Bonchev–Trinajstić information content (AvgIpc) is 2.59. The molecule has 1 heterocycles. The quantitative estimate of drug-likeness (QED) is 0.145. The van der Waals surface area contributed by atoms with Gasteiger partial charge in [-0.2, -0.15) is 0 Å². The number of nitrogens with zero attached hydrogens (tertiary/aromatic N) is 1. The first kappa shape index (κ1) is 18.7. The van der Waals surface area contributed by atoms with Gasteiger partial charge >= 0.3 is 0 Å². The van der Waals surface area contributed by atoms with Crippen molar-refractivity contribution in [3.63, 3.8) is 0 Å². The number of carbonyl (C=O) groups is 3. The van der Waals surface area contributed by atoms with Gasteiger partial charge in [0.1, 0.15) is 6.04 Å². The summed E-state index contributed by atoms with van der Waals surface area (Å²) in [7, 11) is 0. The fraction of sp³-hybridized carbons (Fsp3) is 0.471. The second-order valence-corrected chi connectivity index (χ2v) is 6.12. The van der Waals surface area contributed by atoms with Crippen LogP contribution in [0.25, 0.3) is 0 Å². The molecule has 0 bridgehead atoms. The number of rotatable bonds is 7. The third kappa shape index (κ3) is 4.69. The third-order valence-electron chi connectivity index (χ3n) is 4.17. The fourth-order valence-corrected chi connectivity index (χ4v) is 2.69. The maximum Gasteiger partial charge on any atom is 0.270 e. The molecule has 1 aromatic rings. The lowest BCUT2D eigenvalue weighted by Gasteiger charge is -2.29. The van der Waals surface area contributed by atoms with E-state index in [-0.39, 0.29) is 30.0 Å². The Bertz CT molecular complexity index is 662. The molecule has 2 rings (SSSR count). The number of piperidine rings is 1. The number of hydrazine groups is 1. The van der Waals surface area contributed by atoms with Crippen LogP contribution in [0.3, 0.4) is 0 Å². The molecule has 8 nitrogen and oxygen atoms in total. The van der Waals surface area contributed by atoms with Crippen LogP contribution < -0.4 is 22.2 Å². The molecule has 0 spiro atoms. The van der Waals surface area contributed by atoms with Gasteiger partial charge in [0, 0.05) is 24.3 Å². The van der Waals surface area contributed by atoms with Gasteiger partial charge in [-0.3, -0.25) is 24.7 Å². The summed E-state index contributed by atoms with van der Waals surface area (Å²) in [6.45, 7) is 2.93. The second kappa shape index (κ2) is 8.48. The van der Waals surface area contributed by atoms with Gasteiger partial charge in [0.2, 0.25) is 5.91 Å². The predicted molar refractivity (Wildman–Crippen MR) is 95.4 cm³/mol. The van der Waals surface area contributed by atoms with Gasteiger partial charge in [-0.15, -0.1) is 0 Å². The molecule has 8 heteroatoms. The lowest BCUT2D eigenvalue weighted by molar-refractivity contribution is -0.136. The monoisotopic (exact) mass is 347 g/mol. The number of hydrogen-bond donors (Lipinski definition) is 4. The van der Waals surface area contributed by atoms with Crippen molar-refractivity contribution in [2.75, 3.05) is 17.6 Å². The summed E-state index contributed by atoms with van der Waals surface area (Å²) in [5.74, 6) is 4.37. The van der Waals surface area contributed by atoms with Gasteiger partial charge < -0.3 is 11.1 Å². The number of hydrogen-bond acceptors (Lipinski definition) is 6. The lowest BCUT2D eigenvalue weighted by atomic mass is 10.0. The summed E-state index contributed by atoms with van der Waals surface area (Å²) >= 11 is 0. The normalized spacial score (nSPS) is 17.1. The highest BCUT2D eigenvalue weighted by Gasteiger charge is 2.33. The van der Waals surface area contributed by atoms with E-state index >= 15 is 0 Å². The number of nitrogens with two attached hydrogens (primary N) is 2. The molecule has 25 heavy (non-hydrogen) atoms. The Labute approximate surface area is 146 Å². The maximum atomic E-state index is 12.6. The third-order valence-corrected chi connectivity index (χ3v) is 4.17. The van der Waals surface area contributed by atoms with Gasteiger partial charge in [0.15, 0.2) is 0 Å². The minimum atomic E-state index is -0.884. The summed E-state index contributed by atoms with van der Waals surface area (Å²) in [5.41, 5.74) is 7.19. The van der Waals surface area contributed by atoms with Crippen molar-refractivity contribution in [3.05, 3.63) is 23.8 Å². The highest BCUT2D eigenvalue weighted by Crippen LogP contribution is 2.21. The van der Waals surface area contributed by atoms with Gasteiger partial charge in [-0.1, -0.05) is 19.8 Å². The number of nitrogen functional groups attached to an aromatic ring is 1. The van der Waals surface area contributed by atoms with Gasteiger partial charge in [0.25, 0.3) is 11.8 Å². The Kier molecular flexibility index (Phi) is 6.35. The van der Waals surface area contributed by atoms with Crippen LogP contribution in [-0.2, 0) is 9.59 Å². The van der Waals surface area contributed by atoms with Gasteiger partial charge in [0.05, 0.1) is 5.56 Å². The summed E-state index contributed by atoms with van der Waals surface area (Å²) in [6.07, 6.45) is 3.62. The molecular formula is C17H25N5O3. The second-order valence-electron chi connectivity index (χ2n) is 6.12. The first-order chi connectivity index (χ1) is 11.9. The number of anilines is 2. The van der Waals surface area contributed by atoms with Crippen molar-refractivity contribution in [3.8, 4) is 0 Å². The molecule has 0 aliphatic carbocycles. The zero-order valence-corrected chi connectivity index (χ0v) is 14.4. The van der Waals surface area contributed by atoms with E-state index in [0.29, 0.717) is 0 Å². The largest absolute Gasteiger partial charge is 0.398 e. The molecule has 1 aliphatic rings. The van der Waals surface area contributed by atoms with Gasteiger partial charge in [-0.05, 0) is 31.0 Å². The molecule has 1 aliphatic heterocycles. The average molecular weight is 347 g/mol. The van der Waals surface area contributed by atoms with Crippen molar-refractivity contribution in [1.82, 2.24) is 10.3 Å². The molecule has 0 saturated carbocycles. The van der Waals surface area contributed by atoms with E-state index in [9.17, 15) is 14.4 Å². The van der Waals surface area contributed by atoms with Crippen LogP contribution in [-0.4, -0.2) is 35.3 Å². The minimum Gasteiger partial charge on any atom is -0.398 e. The molecule has 0 radical (unpaired) electrons. The van der Waals surface area contributed by atoms with Crippen LogP contribution in [0.15, 0.2) is 18.2 Å². The Hall–Kier alpha value is -2.61. The zero-order valence-electron chi connectivity index (χ0n) is 14.4. The Balaban J connectivity index is 2.09. The summed E-state index contributed by atoms with van der Waals surface area (Å²) in [5, 5.41) is 6.29. The van der Waals surface area contributed by atoms with E-state index in [1.807, 2.05) is 0 Å². The van der Waals surface area contributed by atoms with E-state index in [1.165, 1.54) is 0 Å². The van der Waals surface area contributed by atoms with Crippen LogP contribution in [0.4, 0.5) is 11.4 Å². The van der Waals surface area contributed by atoms with E-state index in [2.05, 4.69) is 17.6 Å². The fourth-order valence-electron chi connectivity index (χ4n) is 2.69. The molecule has 3 amide bonds. The lowest BCUT2D eigenvalue weighted by Crippen LogP contribution is -2.57. The number of benzene rings is 1. The SMILES string of the molecule is CCCCCNc1ccc(N)c(C(=O)N(N)C2CCC(=O)NC2=O)c1. The Morgan fingerprint density at radius 3 is 2.80 bits per heavy atom. The number of imide groups is 1. The molecule has 1 aromatic carbocycles. The number of nitrogens with one attached hydrogen (secondary N) is 2. The van der Waals surface area contributed by atoms with E-state index in [1.54, 1.807) is 18.2 Å². The van der Waals surface area contributed by atoms with E-state index in [4.69, 9.17) is 11.6 Å². The van der Waals surface area contributed by atoms with Crippen LogP contribution >= 0.6 is 0 Å². The van der Waals surface area contributed by atoms with Gasteiger partial charge in [-0.25, -0.2) is 5.84 Å². The highest BCUT2D eigenvalue weighted by molar-refractivity contribution is 6.05. The maximum absolute atomic E-state index is 12.6. The number of unbranched alkanes of at least 4 members (excludes halogenated alkanes) is 2. The van der Waals surface area contributed by atoms with Crippen molar-refractivity contribution in [2.24, 2.45) is 5.84 Å². The summed E-state index contributed by atoms with van der Waals surface area (Å²) < 4.78 is 0. The zero-order chi connectivity index (χ0) is 18.4. The molecule has 6 N–H and O–H groups in total. The minimum absolute atomic E-state index is 0.145. The predicted octanol–water partition coefficient (Wildman–Crippen LogP) is 0.992. The summed E-state index contributed by atoms with van der Waals surface area (Å²) in [4.78, 5) is 35.8. The van der Waals surface area contributed by atoms with E-state index in [0.717, 1.165) is 36.5 Å². The molecule has 1 atom stereocenters. The van der Waals surface area contributed by atoms with E-state index < -0.39 is 17.9 Å². The van der Waals surface area contributed by atoms with Crippen molar-refractivity contribution in [2.45, 2.75) is 45.1 Å². The molecule has 136 valence electrons. The van der Waals surface area contributed by atoms with Crippen LogP contribution in [0, 0.1) is 0 Å². The molecule has 1 saturated heterocycles. The number of amides is 3. The smallest absolute Gasteiger partial charge is 0.270 e. The molecular weight excluding hydrogens is 322 g/mol. The molecule has 1 unspecified atom stereocenters. The van der Waals surface area contributed by atoms with Crippen molar-refractivity contribution in [1.29, 1.82) is 0 Å². The van der Waals surface area contributed by atoms with Crippen LogP contribution in [0.2, 0.25) is 0 Å². The molecule has 1 fully saturated rings. The first-order valence-corrected chi connectivity index (χ1v) is 8.49. The van der Waals surface area contributed by atoms with Crippen molar-refractivity contribution < 1.29 is 14.4 Å². The first-order valence-electron chi connectivity index (χ1n) is 8.49. The van der Waals surface area contributed by atoms with Crippen molar-refractivity contribution >= 4 is 29.1 Å². The highest BCUT2D eigenvalue weighted by atomic mass is 16.2. The number of carbonyl (C=O) groups excluding carboxylic acids is 3. The Morgan fingerprint density at radius 1 is 1.36 bits per heavy atom. The standard InChI is InChI=1S/C17H25N5O3/c1-2-3-4-9-20-11-5-6-13(18)12(10-11)17(25)22(19)14-7-8-15(23)21-16(14)24/h5-6,10,14,20H,2-4,7-9,18-19H2,1H3,(H,21,23,24). The topological polar surface area (TPSA) is 131 Å².